The first-order valence-electron chi connectivity index (χ1n) is 24.0. The summed E-state index contributed by atoms with van der Waals surface area (Å²) in [6, 6.07) is -4.55. The summed E-state index contributed by atoms with van der Waals surface area (Å²) in [6.07, 6.45) is -5.44. The third-order valence-electron chi connectivity index (χ3n) is 13.2. The minimum Gasteiger partial charge on any atom is -0.506 e. The van der Waals surface area contributed by atoms with Crippen LogP contribution >= 0.6 is 0 Å². The fraction of sp³-hybridized carbons (Fsp3) is 0.735. The van der Waals surface area contributed by atoms with Crippen LogP contribution in [0.1, 0.15) is 80.6 Å². The van der Waals surface area contributed by atoms with E-state index in [-0.39, 0.29) is 24.7 Å². The Balaban J connectivity index is 3.29. The van der Waals surface area contributed by atoms with E-state index >= 15 is 0 Å². The van der Waals surface area contributed by atoms with Gasteiger partial charge in [-0.1, -0.05) is 86.3 Å². The number of hydrogen-bond acceptors (Lipinski definition) is 17. The van der Waals surface area contributed by atoms with Crippen LogP contribution in [0.4, 0.5) is 0 Å². The summed E-state index contributed by atoms with van der Waals surface area (Å²) in [5, 5.41) is 95.6. The van der Waals surface area contributed by atoms with E-state index in [1.807, 2.05) is 13.8 Å². The van der Waals surface area contributed by atoms with Crippen LogP contribution in [-0.2, 0) is 38.2 Å². The molecule has 0 aromatic carbocycles. The lowest BCUT2D eigenvalue weighted by molar-refractivity contribution is -0.160. The molecule has 0 saturated carbocycles. The molecule has 0 radical (unpaired) electrons. The first kappa shape index (κ1) is 64.5. The smallest absolute Gasteiger partial charge is 0.326 e. The Kier molecular flexibility index (Phi) is 28.3. The minimum atomic E-state index is -2.19. The van der Waals surface area contributed by atoms with E-state index in [0.29, 0.717) is 31.4 Å². The maximum Gasteiger partial charge on any atom is 0.326 e. The van der Waals surface area contributed by atoms with Crippen LogP contribution in [-0.4, -0.2) is 218 Å². The summed E-state index contributed by atoms with van der Waals surface area (Å²) in [5.74, 6) is -7.26. The number of aliphatic hydroxyl groups is 8. The van der Waals surface area contributed by atoms with Crippen molar-refractivity contribution in [3.63, 3.8) is 0 Å². The third-order valence-corrected chi connectivity index (χ3v) is 13.2. The van der Waals surface area contributed by atoms with Crippen molar-refractivity contribution in [3.8, 4) is 0 Å². The molecule has 11 N–H and O–H groups in total. The van der Waals surface area contributed by atoms with Crippen molar-refractivity contribution < 1.29 is 84.1 Å². The number of likely N-dealkylation sites (tertiary alicyclic amines) is 1. The van der Waals surface area contributed by atoms with Gasteiger partial charge in [0.25, 0.3) is 0 Å². The third kappa shape index (κ3) is 18.5. The number of rotatable bonds is 33. The fourth-order valence-electron chi connectivity index (χ4n) is 8.96. The lowest BCUT2D eigenvalue weighted by Crippen LogP contribution is -2.60. The van der Waals surface area contributed by atoms with Crippen molar-refractivity contribution in [1.29, 1.82) is 0 Å². The van der Waals surface area contributed by atoms with Crippen LogP contribution in [0, 0.1) is 23.7 Å². The molecule has 0 aliphatic carbocycles. The second-order valence-corrected chi connectivity index (χ2v) is 19.0. The summed E-state index contributed by atoms with van der Waals surface area (Å²) in [6.45, 7) is 17.8. The van der Waals surface area contributed by atoms with Gasteiger partial charge in [-0.05, 0) is 43.2 Å². The van der Waals surface area contributed by atoms with Crippen LogP contribution in [0.15, 0.2) is 48.5 Å². The van der Waals surface area contributed by atoms with Crippen LogP contribution in [0.2, 0.25) is 0 Å². The van der Waals surface area contributed by atoms with Crippen molar-refractivity contribution >= 4 is 29.6 Å². The predicted octanol–water partition coefficient (Wildman–Crippen LogP) is 0.360. The maximum absolute atomic E-state index is 14.6. The van der Waals surface area contributed by atoms with Crippen molar-refractivity contribution in [3.05, 3.63) is 48.5 Å². The second kappa shape index (κ2) is 31.2. The molecular weight excluding hydrogens is 931 g/mol. The lowest BCUT2D eigenvalue weighted by atomic mass is 9.89. The number of methoxy groups -OCH3 is 2. The average Bonchev–Trinajstić information content (AvgIpc) is 3.82. The molecule has 0 bridgehead atoms. The lowest BCUT2D eigenvalue weighted by Gasteiger charge is -2.41. The SMILES string of the molecule is C=C/C=C(\C=C)CC(NC(=O)C(C)C(OC)C1CCCN1C(=O)CC(OC)C(C(C)CC)N(C)C(=O)C(NC(=O)C(C(C)C)N(C)CC(O)C(O)C(O)C(O)COC(O)C(O)=C(O)CO)C(C)C)C(=O)O. The van der Waals surface area contributed by atoms with Gasteiger partial charge in [-0.25, -0.2) is 4.79 Å². The molecule has 14 atom stereocenters. The van der Waals surface area contributed by atoms with E-state index < -0.39 is 146 Å². The van der Waals surface area contributed by atoms with E-state index in [2.05, 4.69) is 23.8 Å². The first-order chi connectivity index (χ1) is 33.2. The molecule has 1 aliphatic rings. The topological polar surface area (TPSA) is 329 Å². The van der Waals surface area contributed by atoms with Gasteiger partial charge in [-0.2, -0.15) is 0 Å². The summed E-state index contributed by atoms with van der Waals surface area (Å²) < 4.78 is 16.6. The molecule has 1 fully saturated rings. The number of aliphatic hydroxyl groups excluding tert-OH is 8. The Bertz CT molecular complexity index is 1800. The number of allylic oxidation sites excluding steroid dienone is 3. The molecule has 0 aromatic rings. The van der Waals surface area contributed by atoms with Crippen LogP contribution in [0.25, 0.3) is 0 Å². The van der Waals surface area contributed by atoms with E-state index in [0.717, 1.165) is 0 Å². The number of carbonyl (C=O) groups is 5. The molecular formula is C49H85N5O17. The summed E-state index contributed by atoms with van der Waals surface area (Å²) >= 11 is 0. The van der Waals surface area contributed by atoms with Gasteiger partial charge < -0.3 is 80.6 Å². The normalized spacial score (nSPS) is 20.3. The van der Waals surface area contributed by atoms with Gasteiger partial charge in [-0.3, -0.25) is 24.1 Å². The molecule has 22 nitrogen and oxygen atoms in total. The molecule has 1 rings (SSSR count). The Morgan fingerprint density at radius 2 is 1.45 bits per heavy atom. The number of carboxylic acids is 1. The van der Waals surface area contributed by atoms with Crippen molar-refractivity contribution in [1.82, 2.24) is 25.3 Å². The van der Waals surface area contributed by atoms with Crippen LogP contribution in [0.3, 0.4) is 0 Å². The molecule has 0 aromatic heterocycles. The summed E-state index contributed by atoms with van der Waals surface area (Å²) in [4.78, 5) is 73.3. The number of hydrogen-bond donors (Lipinski definition) is 11. The standard InChI is InChI=1S/C49H85N5O17/c1-14-18-30(16-3)21-31(48(66)67)50-45(63)29(9)44(70-13)32-19-17-20-54(32)37(59)22-36(69-12)40(28(8)15-2)53(11)47(65)38(26(4)5)51-46(64)39(27(6)7)52(10)23-33(56)41(60)42(61)35(58)25-71-49(68)43(62)34(57)24-55/h14,16,18,26-29,31-33,35-36,38-42,44,49,55-58,60-62,68H,1,3,15,17,19-25H2,2,4-13H3,(H,50,63)(H,51,64)(H,66,67)/b30-18+,43-34?. The average molecular weight is 1020 g/mol. The number of nitrogens with zero attached hydrogens (tertiary/aromatic N) is 3. The second-order valence-electron chi connectivity index (χ2n) is 19.0. The monoisotopic (exact) mass is 1020 g/mol. The highest BCUT2D eigenvalue weighted by atomic mass is 16.6. The number of carboxylic acid groups (broad SMARTS) is 1. The van der Waals surface area contributed by atoms with Gasteiger partial charge in [0.2, 0.25) is 29.9 Å². The van der Waals surface area contributed by atoms with Gasteiger partial charge in [-0.15, -0.1) is 0 Å². The molecule has 0 spiro atoms. The number of nitrogens with one attached hydrogen (secondary N) is 2. The molecule has 14 unspecified atom stereocenters. The largest absolute Gasteiger partial charge is 0.506 e. The van der Waals surface area contributed by atoms with Crippen LogP contribution in [0.5, 0.6) is 0 Å². The molecule has 71 heavy (non-hydrogen) atoms. The predicted molar refractivity (Wildman–Crippen MR) is 262 cm³/mol. The maximum atomic E-state index is 14.6. The van der Waals surface area contributed by atoms with E-state index in [1.54, 1.807) is 52.6 Å². The highest BCUT2D eigenvalue weighted by molar-refractivity contribution is 5.90. The zero-order chi connectivity index (χ0) is 54.6. The Morgan fingerprint density at radius 3 is 1.94 bits per heavy atom. The number of amides is 4. The van der Waals surface area contributed by atoms with Crippen molar-refractivity contribution in [2.75, 3.05) is 54.6 Å². The fourth-order valence-corrected chi connectivity index (χ4v) is 8.96. The molecule has 1 heterocycles. The van der Waals surface area contributed by atoms with E-state index in [1.165, 1.54) is 43.2 Å². The van der Waals surface area contributed by atoms with Gasteiger partial charge in [0.1, 0.15) is 37.0 Å². The molecule has 1 saturated heterocycles. The van der Waals surface area contributed by atoms with Crippen molar-refractivity contribution in [2.45, 2.75) is 154 Å². The van der Waals surface area contributed by atoms with Gasteiger partial charge in [0, 0.05) is 40.8 Å². The Labute approximate surface area is 418 Å². The van der Waals surface area contributed by atoms with E-state index in [4.69, 9.17) is 19.3 Å². The zero-order valence-electron chi connectivity index (χ0n) is 43.4. The Hall–Kier alpha value is -4.49. The van der Waals surface area contributed by atoms with Crippen LogP contribution < -0.4 is 10.6 Å². The number of aliphatic carboxylic acids is 1. The molecule has 408 valence electrons. The van der Waals surface area contributed by atoms with Crippen molar-refractivity contribution in [2.24, 2.45) is 23.7 Å². The first-order valence-corrected chi connectivity index (χ1v) is 24.0. The minimum absolute atomic E-state index is 0.0258. The molecule has 22 heteroatoms. The van der Waals surface area contributed by atoms with E-state index in [9.17, 15) is 64.8 Å². The van der Waals surface area contributed by atoms with Gasteiger partial charge in [0.15, 0.2) is 11.5 Å². The number of ether oxygens (including phenoxy) is 3. The quantitative estimate of drug-likeness (QED) is 0.0240. The number of carbonyl (C=O) groups excluding carboxylic acids is 4. The highest BCUT2D eigenvalue weighted by Crippen LogP contribution is 2.30. The summed E-state index contributed by atoms with van der Waals surface area (Å²) in [5.41, 5.74) is 0.566. The van der Waals surface area contributed by atoms with Gasteiger partial charge >= 0.3 is 5.97 Å². The Morgan fingerprint density at radius 1 is 0.845 bits per heavy atom. The molecule has 1 aliphatic heterocycles. The molecule has 4 amide bonds. The van der Waals surface area contributed by atoms with Gasteiger partial charge in [0.05, 0.1) is 55.4 Å². The number of likely N-dealkylation sites (N-methyl/N-ethyl adjacent to an activating group) is 2. The highest BCUT2D eigenvalue weighted by Gasteiger charge is 2.44. The zero-order valence-corrected chi connectivity index (χ0v) is 43.4. The summed E-state index contributed by atoms with van der Waals surface area (Å²) in [7, 11) is 5.94.